The number of alkyl halides is 3. The Hall–Kier alpha value is -1.23. The average molecular weight is 245 g/mol. The molecule has 1 heterocycles. The number of anilines is 1. The third-order valence-corrected chi connectivity index (χ3v) is 3.11. The maximum Gasteiger partial charge on any atom is 0.416 e. The summed E-state index contributed by atoms with van der Waals surface area (Å²) in [6.07, 6.45) is -4.68. The van der Waals surface area contributed by atoms with E-state index < -0.39 is 17.8 Å². The molecule has 2 rings (SSSR count). The van der Waals surface area contributed by atoms with Gasteiger partial charge in [-0.05, 0) is 31.5 Å². The molecule has 0 radical (unpaired) electrons. The van der Waals surface area contributed by atoms with E-state index in [4.69, 9.17) is 0 Å². The zero-order valence-electron chi connectivity index (χ0n) is 9.46. The van der Waals surface area contributed by atoms with Gasteiger partial charge >= 0.3 is 6.18 Å². The van der Waals surface area contributed by atoms with Gasteiger partial charge in [0, 0.05) is 24.3 Å². The Morgan fingerprint density at radius 2 is 2.12 bits per heavy atom. The summed E-state index contributed by atoms with van der Waals surface area (Å²) in [7, 11) is 0. The number of rotatable bonds is 1. The van der Waals surface area contributed by atoms with Crippen molar-refractivity contribution in [1.29, 1.82) is 0 Å². The number of hydrogen-bond donors (Lipinski definition) is 1. The molecule has 1 atom stereocenters. The van der Waals surface area contributed by atoms with Crippen LogP contribution in [0.2, 0.25) is 0 Å². The summed E-state index contributed by atoms with van der Waals surface area (Å²) in [5, 5.41) is 9.77. The molecule has 0 aliphatic carbocycles. The van der Waals surface area contributed by atoms with E-state index in [1.165, 1.54) is 6.07 Å². The first-order chi connectivity index (χ1) is 7.93. The van der Waals surface area contributed by atoms with Gasteiger partial charge in [-0.15, -0.1) is 0 Å². The van der Waals surface area contributed by atoms with Gasteiger partial charge in [0.2, 0.25) is 0 Å². The predicted molar refractivity (Wildman–Crippen MR) is 58.9 cm³/mol. The van der Waals surface area contributed by atoms with Gasteiger partial charge in [-0.25, -0.2) is 0 Å². The molecular weight excluding hydrogens is 231 g/mol. The lowest BCUT2D eigenvalue weighted by atomic mass is 9.96. The van der Waals surface area contributed by atoms with Crippen LogP contribution in [0.1, 0.15) is 30.6 Å². The second-order valence-electron chi connectivity index (χ2n) is 4.16. The SMILES string of the molecule is CCN1CC[C@H](O)c2cc(C(F)(F)F)ccc21. The standard InChI is InChI=1S/C12H14F3NO/c1-2-16-6-5-11(17)9-7-8(12(13,14)15)3-4-10(9)16/h3-4,7,11,17H,2,5-6H2,1H3/t11-/m0/s1. The molecule has 5 heteroatoms. The highest BCUT2D eigenvalue weighted by Crippen LogP contribution is 2.38. The number of halogens is 3. The molecule has 0 unspecified atom stereocenters. The van der Waals surface area contributed by atoms with Crippen molar-refractivity contribution in [3.05, 3.63) is 29.3 Å². The minimum absolute atomic E-state index is 0.382. The highest BCUT2D eigenvalue weighted by molar-refractivity contribution is 5.58. The van der Waals surface area contributed by atoms with Crippen LogP contribution in [0.15, 0.2) is 18.2 Å². The predicted octanol–water partition coefficient (Wildman–Crippen LogP) is 2.97. The van der Waals surface area contributed by atoms with Crippen LogP contribution < -0.4 is 4.90 Å². The Morgan fingerprint density at radius 1 is 1.41 bits per heavy atom. The molecule has 0 bridgehead atoms. The average Bonchev–Trinajstić information content (AvgIpc) is 2.28. The van der Waals surface area contributed by atoms with Crippen molar-refractivity contribution < 1.29 is 18.3 Å². The summed E-state index contributed by atoms with van der Waals surface area (Å²) in [6, 6.07) is 3.57. The first kappa shape index (κ1) is 12.2. The molecule has 0 fully saturated rings. The molecule has 0 aromatic heterocycles. The van der Waals surface area contributed by atoms with Gasteiger partial charge in [-0.2, -0.15) is 13.2 Å². The van der Waals surface area contributed by atoms with Crippen molar-refractivity contribution in [3.63, 3.8) is 0 Å². The topological polar surface area (TPSA) is 23.5 Å². The molecule has 0 saturated heterocycles. The zero-order valence-corrected chi connectivity index (χ0v) is 9.46. The van der Waals surface area contributed by atoms with Gasteiger partial charge in [-0.1, -0.05) is 0 Å². The Morgan fingerprint density at radius 3 is 2.71 bits per heavy atom. The summed E-state index contributed by atoms with van der Waals surface area (Å²) in [5.74, 6) is 0. The summed E-state index contributed by atoms with van der Waals surface area (Å²) in [5.41, 5.74) is 0.389. The summed E-state index contributed by atoms with van der Waals surface area (Å²) >= 11 is 0. The van der Waals surface area contributed by atoms with E-state index in [0.717, 1.165) is 18.7 Å². The molecule has 17 heavy (non-hydrogen) atoms. The summed E-state index contributed by atoms with van der Waals surface area (Å²) in [4.78, 5) is 1.97. The van der Waals surface area contributed by atoms with Crippen LogP contribution in [0.25, 0.3) is 0 Å². The van der Waals surface area contributed by atoms with Gasteiger partial charge in [-0.3, -0.25) is 0 Å². The van der Waals surface area contributed by atoms with Crippen LogP contribution in [-0.2, 0) is 6.18 Å². The molecule has 1 aliphatic rings. The molecule has 0 amide bonds. The van der Waals surface area contributed by atoms with Gasteiger partial charge < -0.3 is 10.0 Å². The largest absolute Gasteiger partial charge is 0.416 e. The lowest BCUT2D eigenvalue weighted by Gasteiger charge is -2.33. The molecule has 1 aromatic rings. The van der Waals surface area contributed by atoms with Crippen LogP contribution in [-0.4, -0.2) is 18.2 Å². The molecule has 1 aromatic carbocycles. The number of benzene rings is 1. The fourth-order valence-electron chi connectivity index (χ4n) is 2.17. The Labute approximate surface area is 97.7 Å². The number of nitrogens with zero attached hydrogens (tertiary/aromatic N) is 1. The van der Waals surface area contributed by atoms with Crippen LogP contribution in [0, 0.1) is 0 Å². The monoisotopic (exact) mass is 245 g/mol. The lowest BCUT2D eigenvalue weighted by Crippen LogP contribution is -2.31. The lowest BCUT2D eigenvalue weighted by molar-refractivity contribution is -0.137. The number of hydrogen-bond acceptors (Lipinski definition) is 2. The maximum atomic E-state index is 12.6. The van der Waals surface area contributed by atoms with Crippen molar-refractivity contribution in [1.82, 2.24) is 0 Å². The van der Waals surface area contributed by atoms with E-state index in [9.17, 15) is 18.3 Å². The van der Waals surface area contributed by atoms with Crippen molar-refractivity contribution in [2.75, 3.05) is 18.0 Å². The number of aliphatic hydroxyl groups is 1. The van der Waals surface area contributed by atoms with E-state index in [1.54, 1.807) is 0 Å². The Balaban J connectivity index is 2.46. The second-order valence-corrected chi connectivity index (χ2v) is 4.16. The summed E-state index contributed by atoms with van der Waals surface area (Å²) in [6.45, 7) is 3.35. The van der Waals surface area contributed by atoms with Gasteiger partial charge in [0.25, 0.3) is 0 Å². The molecule has 2 nitrogen and oxygen atoms in total. The number of fused-ring (bicyclic) bond motifs is 1. The normalized spacial score (nSPS) is 20.3. The highest BCUT2D eigenvalue weighted by Gasteiger charge is 2.33. The second kappa shape index (κ2) is 4.22. The third kappa shape index (κ3) is 2.24. The van der Waals surface area contributed by atoms with Crippen LogP contribution in [0.5, 0.6) is 0 Å². The van der Waals surface area contributed by atoms with Gasteiger partial charge in [0.1, 0.15) is 0 Å². The smallest absolute Gasteiger partial charge is 0.388 e. The van der Waals surface area contributed by atoms with E-state index in [0.29, 0.717) is 24.2 Å². The fourth-order valence-corrected chi connectivity index (χ4v) is 2.17. The maximum absolute atomic E-state index is 12.6. The molecule has 94 valence electrons. The van der Waals surface area contributed by atoms with Crippen molar-refractivity contribution in [3.8, 4) is 0 Å². The van der Waals surface area contributed by atoms with E-state index >= 15 is 0 Å². The van der Waals surface area contributed by atoms with Crippen LogP contribution in [0.4, 0.5) is 18.9 Å². The molecule has 0 saturated carbocycles. The molecule has 1 N–H and O–H groups in total. The Kier molecular flexibility index (Phi) is 3.03. The molecule has 1 aliphatic heterocycles. The first-order valence-electron chi connectivity index (χ1n) is 5.57. The minimum atomic E-state index is -4.36. The van der Waals surface area contributed by atoms with E-state index in [2.05, 4.69) is 0 Å². The summed E-state index contributed by atoms with van der Waals surface area (Å²) < 4.78 is 37.7. The molecule has 0 spiro atoms. The highest BCUT2D eigenvalue weighted by atomic mass is 19.4. The number of aliphatic hydroxyl groups excluding tert-OH is 1. The van der Waals surface area contributed by atoms with Gasteiger partial charge in [0.05, 0.1) is 11.7 Å². The van der Waals surface area contributed by atoms with E-state index in [-0.39, 0.29) is 0 Å². The molecular formula is C12H14F3NO. The zero-order chi connectivity index (χ0) is 12.6. The first-order valence-corrected chi connectivity index (χ1v) is 5.57. The fraction of sp³-hybridized carbons (Fsp3) is 0.500. The van der Waals surface area contributed by atoms with Crippen molar-refractivity contribution in [2.24, 2.45) is 0 Å². The Bertz CT molecular complexity index is 417. The minimum Gasteiger partial charge on any atom is -0.388 e. The third-order valence-electron chi connectivity index (χ3n) is 3.11. The van der Waals surface area contributed by atoms with Crippen LogP contribution in [0.3, 0.4) is 0 Å². The van der Waals surface area contributed by atoms with Crippen molar-refractivity contribution in [2.45, 2.75) is 25.6 Å². The van der Waals surface area contributed by atoms with Crippen molar-refractivity contribution >= 4 is 5.69 Å². The van der Waals surface area contributed by atoms with Gasteiger partial charge in [0.15, 0.2) is 0 Å². The quantitative estimate of drug-likeness (QED) is 0.822. The van der Waals surface area contributed by atoms with E-state index in [1.807, 2.05) is 11.8 Å². The van der Waals surface area contributed by atoms with Crippen LogP contribution >= 0.6 is 0 Å².